The van der Waals surface area contributed by atoms with Gasteiger partial charge in [0.2, 0.25) is 0 Å². The molecule has 23 heavy (non-hydrogen) atoms. The summed E-state index contributed by atoms with van der Waals surface area (Å²) in [4.78, 5) is 11.8. The standard InChI is InChI=1S/C19H38N2O2/c1-6-8-9-17(14-20-18(22)23-19(3,4)5)21-16-12-10-15(7-2)11-13-16/h15-17,21H,6-14H2,1-5H3,(H,20,22). The minimum absolute atomic E-state index is 0.310. The largest absolute Gasteiger partial charge is 0.444 e. The van der Waals surface area contributed by atoms with Gasteiger partial charge in [0.15, 0.2) is 0 Å². The maximum absolute atomic E-state index is 11.8. The number of amides is 1. The van der Waals surface area contributed by atoms with E-state index in [1.165, 1.54) is 44.9 Å². The monoisotopic (exact) mass is 326 g/mol. The molecule has 1 aliphatic rings. The predicted molar refractivity (Wildman–Crippen MR) is 96.7 cm³/mol. The average Bonchev–Trinajstić information content (AvgIpc) is 2.49. The summed E-state index contributed by atoms with van der Waals surface area (Å²) in [5.74, 6) is 0.919. The minimum atomic E-state index is -0.436. The summed E-state index contributed by atoms with van der Waals surface area (Å²) in [5.41, 5.74) is -0.436. The van der Waals surface area contributed by atoms with Gasteiger partial charge >= 0.3 is 6.09 Å². The van der Waals surface area contributed by atoms with Crippen molar-refractivity contribution < 1.29 is 9.53 Å². The van der Waals surface area contributed by atoms with Crippen molar-refractivity contribution in [2.75, 3.05) is 6.54 Å². The molecule has 0 aromatic carbocycles. The van der Waals surface area contributed by atoms with Crippen LogP contribution in [0.5, 0.6) is 0 Å². The number of hydrogen-bond donors (Lipinski definition) is 2. The third-order valence-corrected chi connectivity index (χ3v) is 4.69. The van der Waals surface area contributed by atoms with Crippen molar-refractivity contribution in [1.29, 1.82) is 0 Å². The number of rotatable bonds is 8. The van der Waals surface area contributed by atoms with Crippen LogP contribution in [0.2, 0.25) is 0 Å². The van der Waals surface area contributed by atoms with Crippen molar-refractivity contribution in [3.05, 3.63) is 0 Å². The summed E-state index contributed by atoms with van der Waals surface area (Å²) in [5, 5.41) is 6.72. The molecule has 1 aliphatic carbocycles. The Labute approximate surface area is 143 Å². The van der Waals surface area contributed by atoms with Gasteiger partial charge in [-0.15, -0.1) is 0 Å². The number of carbonyl (C=O) groups excluding carboxylic acids is 1. The molecule has 1 amide bonds. The highest BCUT2D eigenvalue weighted by Gasteiger charge is 2.23. The molecule has 1 unspecified atom stereocenters. The fraction of sp³-hybridized carbons (Fsp3) is 0.947. The molecule has 1 atom stereocenters. The molecule has 0 spiro atoms. The highest BCUT2D eigenvalue weighted by molar-refractivity contribution is 5.67. The molecule has 0 aromatic heterocycles. The Morgan fingerprint density at radius 3 is 2.35 bits per heavy atom. The van der Waals surface area contributed by atoms with Crippen molar-refractivity contribution in [3.8, 4) is 0 Å². The summed E-state index contributed by atoms with van der Waals surface area (Å²) >= 11 is 0. The quantitative estimate of drug-likeness (QED) is 0.684. The van der Waals surface area contributed by atoms with Gasteiger partial charge in [0.05, 0.1) is 0 Å². The molecule has 136 valence electrons. The summed E-state index contributed by atoms with van der Waals surface area (Å²) in [6.07, 6.45) is 9.72. The molecular formula is C19H38N2O2. The molecule has 2 N–H and O–H groups in total. The number of hydrogen-bond acceptors (Lipinski definition) is 3. The van der Waals surface area contributed by atoms with Crippen LogP contribution in [0.1, 0.15) is 86.0 Å². The zero-order valence-electron chi connectivity index (χ0n) is 15.9. The Morgan fingerprint density at radius 1 is 1.17 bits per heavy atom. The zero-order chi connectivity index (χ0) is 17.3. The molecule has 0 saturated heterocycles. The molecule has 0 aromatic rings. The molecule has 0 radical (unpaired) electrons. The van der Waals surface area contributed by atoms with Crippen LogP contribution in [0, 0.1) is 5.92 Å². The fourth-order valence-electron chi connectivity index (χ4n) is 3.29. The number of nitrogens with one attached hydrogen (secondary N) is 2. The van der Waals surface area contributed by atoms with Crippen LogP contribution in [0.15, 0.2) is 0 Å². The highest BCUT2D eigenvalue weighted by atomic mass is 16.6. The predicted octanol–water partition coefficient (Wildman–Crippen LogP) is 4.63. The van der Waals surface area contributed by atoms with E-state index in [-0.39, 0.29) is 6.09 Å². The van der Waals surface area contributed by atoms with Crippen LogP contribution >= 0.6 is 0 Å². The van der Waals surface area contributed by atoms with Crippen molar-refractivity contribution in [2.24, 2.45) is 5.92 Å². The first-order valence-electron chi connectivity index (χ1n) is 9.57. The van der Waals surface area contributed by atoms with Gasteiger partial charge in [-0.25, -0.2) is 4.79 Å². The lowest BCUT2D eigenvalue weighted by Gasteiger charge is -2.32. The first kappa shape index (κ1) is 20.3. The van der Waals surface area contributed by atoms with Crippen molar-refractivity contribution in [1.82, 2.24) is 10.6 Å². The fourth-order valence-corrected chi connectivity index (χ4v) is 3.29. The van der Waals surface area contributed by atoms with Crippen molar-refractivity contribution in [2.45, 2.75) is 104 Å². The van der Waals surface area contributed by atoms with E-state index in [0.29, 0.717) is 18.6 Å². The van der Waals surface area contributed by atoms with Gasteiger partial charge in [0, 0.05) is 18.6 Å². The van der Waals surface area contributed by atoms with Gasteiger partial charge in [-0.1, -0.05) is 33.1 Å². The lowest BCUT2D eigenvalue weighted by atomic mass is 9.84. The highest BCUT2D eigenvalue weighted by Crippen LogP contribution is 2.26. The van der Waals surface area contributed by atoms with Crippen LogP contribution < -0.4 is 10.6 Å². The molecule has 0 bridgehead atoms. The van der Waals surface area contributed by atoms with Crippen LogP contribution in [0.25, 0.3) is 0 Å². The smallest absolute Gasteiger partial charge is 0.407 e. The van der Waals surface area contributed by atoms with E-state index in [4.69, 9.17) is 4.74 Å². The number of alkyl carbamates (subject to hydrolysis) is 1. The Balaban J connectivity index is 2.38. The molecule has 1 fully saturated rings. The van der Waals surface area contributed by atoms with Crippen molar-refractivity contribution >= 4 is 6.09 Å². The third-order valence-electron chi connectivity index (χ3n) is 4.69. The minimum Gasteiger partial charge on any atom is -0.444 e. The summed E-state index contributed by atoms with van der Waals surface area (Å²) in [6.45, 7) is 10.9. The molecule has 1 rings (SSSR count). The van der Waals surface area contributed by atoms with E-state index in [9.17, 15) is 4.79 Å². The van der Waals surface area contributed by atoms with E-state index >= 15 is 0 Å². The van der Waals surface area contributed by atoms with Gasteiger partial charge < -0.3 is 15.4 Å². The number of carbonyl (C=O) groups is 1. The number of unbranched alkanes of at least 4 members (excludes halogenated alkanes) is 1. The first-order valence-corrected chi connectivity index (χ1v) is 9.57. The summed E-state index contributed by atoms with van der Waals surface area (Å²) < 4.78 is 5.33. The molecule has 0 aliphatic heterocycles. The van der Waals surface area contributed by atoms with E-state index in [2.05, 4.69) is 24.5 Å². The normalized spacial score (nSPS) is 23.3. The second-order valence-corrected chi connectivity index (χ2v) is 8.01. The Morgan fingerprint density at radius 2 is 1.83 bits per heavy atom. The average molecular weight is 327 g/mol. The Bertz CT molecular complexity index is 331. The van der Waals surface area contributed by atoms with E-state index < -0.39 is 5.60 Å². The van der Waals surface area contributed by atoms with E-state index in [1.54, 1.807) is 0 Å². The summed E-state index contributed by atoms with van der Waals surface area (Å²) in [6, 6.07) is 0.964. The Hall–Kier alpha value is -0.770. The van der Waals surface area contributed by atoms with Gasteiger partial charge in [-0.3, -0.25) is 0 Å². The Kier molecular flexibility index (Phi) is 8.96. The van der Waals surface area contributed by atoms with Crippen LogP contribution in [-0.2, 0) is 4.74 Å². The van der Waals surface area contributed by atoms with Crippen LogP contribution in [0.4, 0.5) is 4.79 Å². The number of ether oxygens (including phenoxy) is 1. The van der Waals surface area contributed by atoms with Gasteiger partial charge in [-0.2, -0.15) is 0 Å². The SMILES string of the molecule is CCCCC(CNC(=O)OC(C)(C)C)NC1CCC(CC)CC1. The molecular weight excluding hydrogens is 288 g/mol. The third kappa shape index (κ3) is 9.19. The van der Waals surface area contributed by atoms with Gasteiger partial charge in [0.1, 0.15) is 5.60 Å². The topological polar surface area (TPSA) is 50.4 Å². The van der Waals surface area contributed by atoms with Crippen LogP contribution in [-0.4, -0.2) is 30.3 Å². The van der Waals surface area contributed by atoms with Gasteiger partial charge in [-0.05, 0) is 58.8 Å². The van der Waals surface area contributed by atoms with E-state index in [1.807, 2.05) is 20.8 Å². The molecule has 4 nitrogen and oxygen atoms in total. The second kappa shape index (κ2) is 10.2. The van der Waals surface area contributed by atoms with Gasteiger partial charge in [0.25, 0.3) is 0 Å². The summed E-state index contributed by atoms with van der Waals surface area (Å²) in [7, 11) is 0. The van der Waals surface area contributed by atoms with E-state index in [0.717, 1.165) is 12.3 Å². The molecule has 4 heteroatoms. The lowest BCUT2D eigenvalue weighted by molar-refractivity contribution is 0.0520. The molecule has 0 heterocycles. The maximum Gasteiger partial charge on any atom is 0.407 e. The first-order chi connectivity index (χ1) is 10.8. The lowest BCUT2D eigenvalue weighted by Crippen LogP contribution is -2.47. The second-order valence-electron chi connectivity index (χ2n) is 8.01. The molecule has 1 saturated carbocycles. The maximum atomic E-state index is 11.8. The zero-order valence-corrected chi connectivity index (χ0v) is 15.9. The van der Waals surface area contributed by atoms with Crippen molar-refractivity contribution in [3.63, 3.8) is 0 Å². The van der Waals surface area contributed by atoms with Crippen LogP contribution in [0.3, 0.4) is 0 Å².